The number of aryl methyl sites for hydroxylation is 1. The molecule has 4 atom stereocenters. The Morgan fingerprint density at radius 2 is 2.13 bits per heavy atom. The number of halogens is 1. The number of aliphatic hydroxyl groups excluding tert-OH is 2. The monoisotopic (exact) mass is 325 g/mol. The lowest BCUT2D eigenvalue weighted by molar-refractivity contribution is -0.0567. The van der Waals surface area contributed by atoms with Crippen LogP contribution in [0.3, 0.4) is 0 Å². The summed E-state index contributed by atoms with van der Waals surface area (Å²) in [5.74, 6) is 1.13. The van der Waals surface area contributed by atoms with Crippen LogP contribution in [-0.2, 0) is 4.74 Å². The summed E-state index contributed by atoms with van der Waals surface area (Å²) in [7, 11) is 3.66. The molecule has 0 radical (unpaired) electrons. The summed E-state index contributed by atoms with van der Waals surface area (Å²) in [4.78, 5) is 14.7. The Kier molecular flexibility index (Phi) is 3.74. The second-order valence-electron chi connectivity index (χ2n) is 6.12. The van der Waals surface area contributed by atoms with Gasteiger partial charge in [0, 0.05) is 14.1 Å². The zero-order valence-electron chi connectivity index (χ0n) is 13.4. The molecule has 2 aromatic rings. The highest BCUT2D eigenvalue weighted by molar-refractivity contribution is 5.83. The predicted octanol–water partition coefficient (Wildman–Crippen LogP) is 0.180. The van der Waals surface area contributed by atoms with E-state index in [4.69, 9.17) is 4.74 Å². The topological polar surface area (TPSA) is 96.5 Å². The van der Waals surface area contributed by atoms with E-state index in [0.29, 0.717) is 22.8 Å². The first-order chi connectivity index (χ1) is 10.8. The molecule has 1 saturated heterocycles. The van der Waals surface area contributed by atoms with E-state index in [0.717, 1.165) is 0 Å². The Morgan fingerprint density at radius 1 is 1.43 bits per heavy atom. The lowest BCUT2D eigenvalue weighted by atomic mass is 9.98. The Bertz CT molecular complexity index is 733. The van der Waals surface area contributed by atoms with Gasteiger partial charge in [-0.1, -0.05) is 0 Å². The Balaban J connectivity index is 2.14. The first-order valence-electron chi connectivity index (χ1n) is 7.29. The van der Waals surface area contributed by atoms with Crippen LogP contribution in [0.25, 0.3) is 11.2 Å². The van der Waals surface area contributed by atoms with Gasteiger partial charge in [0.2, 0.25) is 0 Å². The van der Waals surface area contributed by atoms with E-state index in [1.165, 1.54) is 17.8 Å². The van der Waals surface area contributed by atoms with Crippen LogP contribution in [0.1, 0.15) is 19.0 Å². The fraction of sp³-hybridized carbons (Fsp3) is 0.643. The van der Waals surface area contributed by atoms with Crippen molar-refractivity contribution in [3.05, 3.63) is 12.2 Å². The average molecular weight is 325 g/mol. The van der Waals surface area contributed by atoms with E-state index in [1.807, 2.05) is 14.1 Å². The lowest BCUT2D eigenvalue weighted by Crippen LogP contribution is -2.40. The largest absolute Gasteiger partial charge is 0.394 e. The molecule has 9 heteroatoms. The predicted molar refractivity (Wildman–Crippen MR) is 80.9 cm³/mol. The number of aliphatic hydroxyl groups is 2. The normalized spacial score (nSPS) is 31.0. The number of imidazole rings is 1. The number of anilines is 1. The van der Waals surface area contributed by atoms with Crippen molar-refractivity contribution < 1.29 is 19.3 Å². The van der Waals surface area contributed by atoms with Gasteiger partial charge < -0.3 is 19.8 Å². The third kappa shape index (κ3) is 2.35. The van der Waals surface area contributed by atoms with Crippen LogP contribution in [0.4, 0.5) is 10.2 Å². The molecule has 1 aliphatic rings. The van der Waals surface area contributed by atoms with Crippen LogP contribution in [-0.4, -0.2) is 68.3 Å². The van der Waals surface area contributed by atoms with Gasteiger partial charge in [0.1, 0.15) is 18.0 Å². The van der Waals surface area contributed by atoms with Crippen molar-refractivity contribution >= 4 is 17.0 Å². The number of alkyl halides is 1. The summed E-state index contributed by atoms with van der Waals surface area (Å²) in [5, 5.41) is 19.3. The fourth-order valence-electron chi connectivity index (χ4n) is 2.85. The van der Waals surface area contributed by atoms with E-state index in [-0.39, 0.29) is 0 Å². The number of rotatable bonds is 3. The molecule has 126 valence electrons. The van der Waals surface area contributed by atoms with E-state index in [1.54, 1.807) is 11.8 Å². The molecule has 2 aromatic heterocycles. The van der Waals surface area contributed by atoms with Crippen LogP contribution in [0, 0.1) is 6.92 Å². The molecule has 0 aromatic carbocycles. The minimum Gasteiger partial charge on any atom is -0.394 e. The van der Waals surface area contributed by atoms with Crippen molar-refractivity contribution in [1.82, 2.24) is 19.5 Å². The van der Waals surface area contributed by atoms with Gasteiger partial charge >= 0.3 is 0 Å². The molecule has 23 heavy (non-hydrogen) atoms. The van der Waals surface area contributed by atoms with Crippen molar-refractivity contribution in [2.75, 3.05) is 25.6 Å². The zero-order chi connectivity index (χ0) is 16.9. The van der Waals surface area contributed by atoms with Gasteiger partial charge in [-0.05, 0) is 13.8 Å². The Hall–Kier alpha value is -1.84. The Labute approximate surface area is 132 Å². The van der Waals surface area contributed by atoms with Crippen molar-refractivity contribution in [1.29, 1.82) is 0 Å². The summed E-state index contributed by atoms with van der Waals surface area (Å²) >= 11 is 0. The lowest BCUT2D eigenvalue weighted by Gasteiger charge is -2.24. The minimum absolute atomic E-state index is 0.417. The molecule has 3 heterocycles. The van der Waals surface area contributed by atoms with Gasteiger partial charge in [-0.15, -0.1) is 0 Å². The molecule has 0 unspecified atom stereocenters. The van der Waals surface area contributed by atoms with Gasteiger partial charge in [-0.2, -0.15) is 0 Å². The van der Waals surface area contributed by atoms with E-state index in [9.17, 15) is 14.6 Å². The van der Waals surface area contributed by atoms with Crippen molar-refractivity contribution in [2.24, 2.45) is 0 Å². The summed E-state index contributed by atoms with van der Waals surface area (Å²) in [5.41, 5.74) is -1.15. The van der Waals surface area contributed by atoms with Gasteiger partial charge in [0.15, 0.2) is 28.9 Å². The standard InChI is InChI=1S/C14H20FN5O3/c1-7-17-11(19(3)4)9-12(18-7)20(6-16-9)13-14(2,15)10(22)8(5-21)23-13/h6,8,10,13,21-22H,5H2,1-4H3/t8-,10-,13-,14-/m1/s1. The summed E-state index contributed by atoms with van der Waals surface area (Å²) in [6, 6.07) is 0. The molecular weight excluding hydrogens is 305 g/mol. The molecule has 3 rings (SSSR count). The molecule has 0 saturated carbocycles. The first-order valence-corrected chi connectivity index (χ1v) is 7.29. The van der Waals surface area contributed by atoms with E-state index < -0.39 is 30.7 Å². The van der Waals surface area contributed by atoms with Crippen LogP contribution in [0.15, 0.2) is 6.33 Å². The van der Waals surface area contributed by atoms with Gasteiger partial charge in [0.05, 0.1) is 12.9 Å². The molecule has 2 N–H and O–H groups in total. The molecule has 1 fully saturated rings. The van der Waals surface area contributed by atoms with E-state index >= 15 is 0 Å². The third-order valence-electron chi connectivity index (χ3n) is 4.09. The summed E-state index contributed by atoms with van der Waals surface area (Å²) < 4.78 is 21.9. The number of ether oxygens (including phenoxy) is 1. The van der Waals surface area contributed by atoms with E-state index in [2.05, 4.69) is 15.0 Å². The molecule has 0 bridgehead atoms. The highest BCUT2D eigenvalue weighted by Gasteiger charge is 2.55. The highest BCUT2D eigenvalue weighted by atomic mass is 19.1. The van der Waals surface area contributed by atoms with Gasteiger partial charge in [0.25, 0.3) is 0 Å². The number of fused-ring (bicyclic) bond motifs is 1. The highest BCUT2D eigenvalue weighted by Crippen LogP contribution is 2.42. The third-order valence-corrected chi connectivity index (χ3v) is 4.09. The first kappa shape index (κ1) is 16.0. The van der Waals surface area contributed by atoms with Crippen molar-refractivity contribution in [2.45, 2.75) is 38.0 Å². The second-order valence-corrected chi connectivity index (χ2v) is 6.12. The maximum absolute atomic E-state index is 15.0. The summed E-state index contributed by atoms with van der Waals surface area (Å²) in [6.07, 6.45) is -2.15. The van der Waals surface area contributed by atoms with Crippen LogP contribution < -0.4 is 4.90 Å². The summed E-state index contributed by atoms with van der Waals surface area (Å²) in [6.45, 7) is 2.50. The molecular formula is C14H20FN5O3. The number of hydrogen-bond donors (Lipinski definition) is 2. The van der Waals surface area contributed by atoms with Crippen LogP contribution in [0.5, 0.6) is 0 Å². The smallest absolute Gasteiger partial charge is 0.181 e. The van der Waals surface area contributed by atoms with Gasteiger partial charge in [-0.25, -0.2) is 19.3 Å². The van der Waals surface area contributed by atoms with Crippen molar-refractivity contribution in [3.8, 4) is 0 Å². The average Bonchev–Trinajstić information content (AvgIpc) is 2.98. The SMILES string of the molecule is Cc1nc(N(C)C)c2ncn([C@@H]3O[C@H](CO)[C@@H](O)[C@@]3(C)F)c2n1. The molecule has 0 spiro atoms. The Morgan fingerprint density at radius 3 is 2.70 bits per heavy atom. The number of hydrogen-bond acceptors (Lipinski definition) is 7. The van der Waals surface area contributed by atoms with Crippen molar-refractivity contribution in [3.63, 3.8) is 0 Å². The second kappa shape index (κ2) is 5.36. The van der Waals surface area contributed by atoms with Crippen LogP contribution in [0.2, 0.25) is 0 Å². The minimum atomic E-state index is -2.09. The van der Waals surface area contributed by atoms with Gasteiger partial charge in [-0.3, -0.25) is 4.57 Å². The maximum Gasteiger partial charge on any atom is 0.181 e. The quantitative estimate of drug-likeness (QED) is 0.831. The zero-order valence-corrected chi connectivity index (χ0v) is 13.4. The molecule has 8 nitrogen and oxygen atoms in total. The molecule has 1 aliphatic heterocycles. The maximum atomic E-state index is 15.0. The number of nitrogens with zero attached hydrogens (tertiary/aromatic N) is 5. The molecule has 0 aliphatic carbocycles. The fourth-order valence-corrected chi connectivity index (χ4v) is 2.85. The molecule has 0 amide bonds. The number of aromatic nitrogens is 4. The van der Waals surface area contributed by atoms with Crippen LogP contribution >= 0.6 is 0 Å².